The maximum atomic E-state index is 12.6. The predicted octanol–water partition coefficient (Wildman–Crippen LogP) is 1.94. The number of piperazine rings is 1. The lowest BCUT2D eigenvalue weighted by Gasteiger charge is -2.47. The van der Waals surface area contributed by atoms with E-state index in [0.717, 1.165) is 19.3 Å². The van der Waals surface area contributed by atoms with Gasteiger partial charge in [0.25, 0.3) is 0 Å². The van der Waals surface area contributed by atoms with Crippen molar-refractivity contribution in [2.45, 2.75) is 65.0 Å². The largest absolute Gasteiger partial charge is 0.342 e. The van der Waals surface area contributed by atoms with Gasteiger partial charge in [-0.2, -0.15) is 0 Å². The monoisotopic (exact) mass is 266 g/mol. The van der Waals surface area contributed by atoms with E-state index in [1.165, 1.54) is 0 Å². The van der Waals surface area contributed by atoms with Gasteiger partial charge in [-0.25, -0.2) is 0 Å². The van der Waals surface area contributed by atoms with Crippen LogP contribution in [0.1, 0.15) is 53.4 Å². The summed E-state index contributed by atoms with van der Waals surface area (Å²) < 4.78 is 0. The van der Waals surface area contributed by atoms with Crippen LogP contribution in [0.15, 0.2) is 0 Å². The first-order valence-electron chi connectivity index (χ1n) is 7.53. The van der Waals surface area contributed by atoms with Crippen LogP contribution in [0, 0.1) is 11.8 Å². The first kappa shape index (κ1) is 14.4. The van der Waals surface area contributed by atoms with Gasteiger partial charge < -0.3 is 10.2 Å². The van der Waals surface area contributed by atoms with Crippen LogP contribution in [0.5, 0.6) is 0 Å². The van der Waals surface area contributed by atoms with Gasteiger partial charge in [-0.05, 0) is 44.4 Å². The summed E-state index contributed by atoms with van der Waals surface area (Å²) in [5.41, 5.74) is -0.613. The fourth-order valence-corrected chi connectivity index (χ4v) is 2.96. The molecule has 0 aromatic rings. The SMILES string of the molecule is CCC1NC(=O)C(C)(C2CC2)N(CCC(C)C)C1=O. The summed E-state index contributed by atoms with van der Waals surface area (Å²) in [7, 11) is 0. The van der Waals surface area contributed by atoms with Crippen LogP contribution in [-0.2, 0) is 9.59 Å². The normalized spacial score (nSPS) is 31.8. The maximum Gasteiger partial charge on any atom is 0.246 e. The smallest absolute Gasteiger partial charge is 0.246 e. The molecule has 0 aromatic heterocycles. The molecule has 2 atom stereocenters. The second-order valence-corrected chi connectivity index (χ2v) is 6.53. The molecule has 4 nitrogen and oxygen atoms in total. The van der Waals surface area contributed by atoms with Gasteiger partial charge in [0.05, 0.1) is 0 Å². The Morgan fingerprint density at radius 3 is 2.47 bits per heavy atom. The van der Waals surface area contributed by atoms with E-state index in [1.807, 2.05) is 18.7 Å². The molecule has 1 saturated heterocycles. The Labute approximate surface area is 115 Å². The van der Waals surface area contributed by atoms with Crippen LogP contribution in [0.3, 0.4) is 0 Å². The minimum absolute atomic E-state index is 0.0465. The van der Waals surface area contributed by atoms with Crippen LogP contribution in [0.2, 0.25) is 0 Å². The van der Waals surface area contributed by atoms with Crippen molar-refractivity contribution in [2.24, 2.45) is 11.8 Å². The zero-order valence-electron chi connectivity index (χ0n) is 12.5. The van der Waals surface area contributed by atoms with E-state index in [-0.39, 0.29) is 17.9 Å². The van der Waals surface area contributed by atoms with Crippen molar-refractivity contribution in [1.29, 1.82) is 0 Å². The van der Waals surface area contributed by atoms with Gasteiger partial charge in [0, 0.05) is 6.54 Å². The summed E-state index contributed by atoms with van der Waals surface area (Å²) >= 11 is 0. The van der Waals surface area contributed by atoms with E-state index in [1.54, 1.807) is 0 Å². The van der Waals surface area contributed by atoms with Gasteiger partial charge in [0.15, 0.2) is 0 Å². The summed E-state index contributed by atoms with van der Waals surface area (Å²) in [6.07, 6.45) is 3.75. The molecule has 108 valence electrons. The molecule has 4 heteroatoms. The molecule has 2 fully saturated rings. The molecule has 1 aliphatic heterocycles. The van der Waals surface area contributed by atoms with Crippen molar-refractivity contribution in [3.05, 3.63) is 0 Å². The maximum absolute atomic E-state index is 12.6. The molecule has 19 heavy (non-hydrogen) atoms. The first-order chi connectivity index (χ1) is 8.91. The molecule has 0 spiro atoms. The standard InChI is InChI=1S/C15H26N2O2/c1-5-12-13(18)17(9-8-10(2)3)15(4,11-6-7-11)14(19)16-12/h10-12H,5-9H2,1-4H3,(H,16,19). The average molecular weight is 266 g/mol. The Hall–Kier alpha value is -1.06. The molecule has 1 N–H and O–H groups in total. The second kappa shape index (κ2) is 5.14. The van der Waals surface area contributed by atoms with E-state index in [0.29, 0.717) is 24.8 Å². The molecule has 2 rings (SSSR count). The highest BCUT2D eigenvalue weighted by Crippen LogP contribution is 2.45. The van der Waals surface area contributed by atoms with Gasteiger partial charge in [-0.3, -0.25) is 9.59 Å². The molecule has 0 bridgehead atoms. The number of hydrogen-bond donors (Lipinski definition) is 1. The van der Waals surface area contributed by atoms with Crippen LogP contribution < -0.4 is 5.32 Å². The highest BCUT2D eigenvalue weighted by atomic mass is 16.2. The summed E-state index contributed by atoms with van der Waals surface area (Å²) in [6.45, 7) is 8.90. The quantitative estimate of drug-likeness (QED) is 0.826. The molecule has 0 aromatic carbocycles. The van der Waals surface area contributed by atoms with Crippen LogP contribution in [-0.4, -0.2) is 34.8 Å². The lowest BCUT2D eigenvalue weighted by molar-refractivity contribution is -0.158. The van der Waals surface area contributed by atoms with Crippen LogP contribution in [0.25, 0.3) is 0 Å². The number of nitrogens with zero attached hydrogens (tertiary/aromatic N) is 1. The molecule has 0 radical (unpaired) electrons. The number of hydrogen-bond acceptors (Lipinski definition) is 2. The minimum atomic E-state index is -0.613. The minimum Gasteiger partial charge on any atom is -0.342 e. The van der Waals surface area contributed by atoms with Gasteiger partial charge >= 0.3 is 0 Å². The van der Waals surface area contributed by atoms with E-state index in [9.17, 15) is 9.59 Å². The van der Waals surface area contributed by atoms with Gasteiger partial charge in [0.1, 0.15) is 11.6 Å². The number of nitrogens with one attached hydrogen (secondary N) is 1. The van der Waals surface area contributed by atoms with Gasteiger partial charge in [-0.15, -0.1) is 0 Å². The Bertz CT molecular complexity index is 376. The lowest BCUT2D eigenvalue weighted by atomic mass is 9.87. The number of carbonyl (C=O) groups excluding carboxylic acids is 2. The second-order valence-electron chi connectivity index (χ2n) is 6.53. The predicted molar refractivity (Wildman–Crippen MR) is 74.5 cm³/mol. The van der Waals surface area contributed by atoms with Crippen molar-refractivity contribution in [3.8, 4) is 0 Å². The van der Waals surface area contributed by atoms with Crippen molar-refractivity contribution in [1.82, 2.24) is 10.2 Å². The van der Waals surface area contributed by atoms with E-state index in [4.69, 9.17) is 0 Å². The molecule has 2 aliphatic rings. The summed E-state index contributed by atoms with van der Waals surface area (Å²) in [4.78, 5) is 26.9. The molecule has 1 aliphatic carbocycles. The fourth-order valence-electron chi connectivity index (χ4n) is 2.96. The molecule has 1 heterocycles. The Balaban J connectivity index is 2.23. The summed E-state index contributed by atoms with van der Waals surface area (Å²) in [5, 5.41) is 2.92. The molecular formula is C15H26N2O2. The van der Waals surface area contributed by atoms with Crippen LogP contribution >= 0.6 is 0 Å². The van der Waals surface area contributed by atoms with Crippen molar-refractivity contribution in [3.63, 3.8) is 0 Å². The molecule has 1 saturated carbocycles. The summed E-state index contributed by atoms with van der Waals surface area (Å²) in [5.74, 6) is 1.05. The first-order valence-corrected chi connectivity index (χ1v) is 7.53. The molecule has 2 unspecified atom stereocenters. The number of rotatable bonds is 5. The third-order valence-corrected chi connectivity index (χ3v) is 4.60. The highest BCUT2D eigenvalue weighted by Gasteiger charge is 2.56. The van der Waals surface area contributed by atoms with Crippen molar-refractivity contribution >= 4 is 11.8 Å². The van der Waals surface area contributed by atoms with E-state index >= 15 is 0 Å². The van der Waals surface area contributed by atoms with E-state index < -0.39 is 5.54 Å². The molecular weight excluding hydrogens is 240 g/mol. The zero-order valence-corrected chi connectivity index (χ0v) is 12.5. The average Bonchev–Trinajstić information content (AvgIpc) is 3.17. The molecule has 2 amide bonds. The third kappa shape index (κ3) is 2.49. The van der Waals surface area contributed by atoms with Crippen molar-refractivity contribution in [2.75, 3.05) is 6.54 Å². The fraction of sp³-hybridized carbons (Fsp3) is 0.867. The Morgan fingerprint density at radius 1 is 1.37 bits per heavy atom. The summed E-state index contributed by atoms with van der Waals surface area (Å²) in [6, 6.07) is -0.327. The third-order valence-electron chi connectivity index (χ3n) is 4.60. The Morgan fingerprint density at radius 2 is 2.00 bits per heavy atom. The van der Waals surface area contributed by atoms with Crippen LogP contribution in [0.4, 0.5) is 0 Å². The Kier molecular flexibility index (Phi) is 3.88. The number of amides is 2. The number of carbonyl (C=O) groups is 2. The lowest BCUT2D eigenvalue weighted by Crippen LogP contribution is -2.70. The van der Waals surface area contributed by atoms with E-state index in [2.05, 4.69) is 19.2 Å². The highest BCUT2D eigenvalue weighted by molar-refractivity contribution is 6.00. The zero-order chi connectivity index (χ0) is 14.2. The van der Waals surface area contributed by atoms with Gasteiger partial charge in [-0.1, -0.05) is 20.8 Å². The van der Waals surface area contributed by atoms with Crippen molar-refractivity contribution < 1.29 is 9.59 Å². The topological polar surface area (TPSA) is 49.4 Å². The van der Waals surface area contributed by atoms with Gasteiger partial charge in [0.2, 0.25) is 11.8 Å².